The Balaban J connectivity index is 1.91. The minimum absolute atomic E-state index is 0.01000. The molecule has 0 aliphatic heterocycles. The lowest BCUT2D eigenvalue weighted by molar-refractivity contribution is -0.385. The summed E-state index contributed by atoms with van der Waals surface area (Å²) in [6.07, 6.45) is 0. The highest BCUT2D eigenvalue weighted by atomic mass is 16.6. The van der Waals surface area contributed by atoms with Gasteiger partial charge in [0, 0.05) is 17.2 Å². The van der Waals surface area contributed by atoms with E-state index in [1.165, 1.54) is 40.6 Å². The van der Waals surface area contributed by atoms with E-state index in [0.29, 0.717) is 28.3 Å². The maximum absolute atomic E-state index is 13.5. The fourth-order valence-electron chi connectivity index (χ4n) is 3.78. The standard InChI is InChI=1S/C25H22N4O8/c1-34-19-10-9-14(11-18(19)29(32)33)24(30)27-28-23(26-17-8-6-5-7-16(17)25(28)31)15-12-20(35-2)22(37-4)21(13-15)36-3/h5-13H,1-4H3,(H,27,30). The lowest BCUT2D eigenvalue weighted by atomic mass is 10.1. The molecule has 4 aromatic rings. The summed E-state index contributed by atoms with van der Waals surface area (Å²) in [4.78, 5) is 42.0. The molecule has 0 aliphatic carbocycles. The summed E-state index contributed by atoms with van der Waals surface area (Å²) in [5.41, 5.74) is 2.25. The normalized spacial score (nSPS) is 10.6. The number of nitro benzene ring substituents is 1. The van der Waals surface area contributed by atoms with E-state index in [9.17, 15) is 19.7 Å². The smallest absolute Gasteiger partial charge is 0.311 e. The number of fused-ring (bicyclic) bond motifs is 1. The average Bonchev–Trinajstić information content (AvgIpc) is 2.92. The van der Waals surface area contributed by atoms with Crippen LogP contribution >= 0.6 is 0 Å². The molecule has 0 unspecified atom stereocenters. The summed E-state index contributed by atoms with van der Waals surface area (Å²) in [7, 11) is 5.63. The maximum atomic E-state index is 13.5. The van der Waals surface area contributed by atoms with Crippen molar-refractivity contribution in [2.45, 2.75) is 0 Å². The van der Waals surface area contributed by atoms with Crippen LogP contribution in [-0.2, 0) is 0 Å². The summed E-state index contributed by atoms with van der Waals surface area (Å²) in [6, 6.07) is 13.5. The SMILES string of the molecule is COc1ccc(C(=O)Nn2c(-c3cc(OC)c(OC)c(OC)c3)nc3ccccc3c2=O)cc1[N+](=O)[O-]. The topological polar surface area (TPSA) is 144 Å². The van der Waals surface area contributed by atoms with Gasteiger partial charge in [-0.1, -0.05) is 12.1 Å². The van der Waals surface area contributed by atoms with Crippen molar-refractivity contribution in [3.05, 3.63) is 80.6 Å². The van der Waals surface area contributed by atoms with E-state index in [-0.39, 0.29) is 22.5 Å². The molecule has 0 saturated heterocycles. The Morgan fingerprint density at radius 3 is 2.16 bits per heavy atom. The lowest BCUT2D eigenvalue weighted by Gasteiger charge is -2.17. The van der Waals surface area contributed by atoms with Gasteiger partial charge in [0.1, 0.15) is 0 Å². The number of para-hydroxylation sites is 1. The fraction of sp³-hybridized carbons (Fsp3) is 0.160. The van der Waals surface area contributed by atoms with Crippen LogP contribution < -0.4 is 29.9 Å². The molecular formula is C25H22N4O8. The van der Waals surface area contributed by atoms with Crippen LogP contribution in [0.15, 0.2) is 59.4 Å². The van der Waals surface area contributed by atoms with Gasteiger partial charge >= 0.3 is 5.69 Å². The number of ether oxygens (including phenoxy) is 4. The zero-order valence-corrected chi connectivity index (χ0v) is 20.3. The fourth-order valence-corrected chi connectivity index (χ4v) is 3.78. The zero-order chi connectivity index (χ0) is 26.7. The number of rotatable bonds is 8. The van der Waals surface area contributed by atoms with E-state index in [1.54, 1.807) is 36.4 Å². The molecule has 12 heteroatoms. The number of hydrogen-bond donors (Lipinski definition) is 1. The Kier molecular flexibility index (Phi) is 6.91. The molecule has 0 spiro atoms. The van der Waals surface area contributed by atoms with Crippen LogP contribution in [0.2, 0.25) is 0 Å². The summed E-state index contributed by atoms with van der Waals surface area (Å²) in [5.74, 6) is 0.228. The van der Waals surface area contributed by atoms with Crippen molar-refractivity contribution < 1.29 is 28.7 Å². The molecule has 0 saturated carbocycles. The molecule has 190 valence electrons. The van der Waals surface area contributed by atoms with Crippen LogP contribution in [0, 0.1) is 10.1 Å². The Morgan fingerprint density at radius 1 is 0.919 bits per heavy atom. The number of carbonyl (C=O) groups excluding carboxylic acids is 1. The second-order valence-electron chi connectivity index (χ2n) is 7.59. The number of methoxy groups -OCH3 is 4. The van der Waals surface area contributed by atoms with Crippen LogP contribution in [-0.4, -0.2) is 48.9 Å². The van der Waals surface area contributed by atoms with E-state index >= 15 is 0 Å². The molecule has 4 rings (SSSR count). The van der Waals surface area contributed by atoms with Gasteiger partial charge < -0.3 is 18.9 Å². The molecule has 1 aromatic heterocycles. The van der Waals surface area contributed by atoms with Gasteiger partial charge in [0.15, 0.2) is 23.1 Å². The predicted molar refractivity (Wildman–Crippen MR) is 134 cm³/mol. The summed E-state index contributed by atoms with van der Waals surface area (Å²) in [5, 5.41) is 11.7. The van der Waals surface area contributed by atoms with E-state index in [4.69, 9.17) is 18.9 Å². The van der Waals surface area contributed by atoms with Gasteiger partial charge in [0.25, 0.3) is 11.5 Å². The van der Waals surface area contributed by atoms with Crippen molar-refractivity contribution in [2.24, 2.45) is 0 Å². The van der Waals surface area contributed by atoms with Crippen LogP contribution in [0.4, 0.5) is 5.69 Å². The van der Waals surface area contributed by atoms with Gasteiger partial charge in [-0.15, -0.1) is 0 Å². The van der Waals surface area contributed by atoms with Gasteiger partial charge in [0.2, 0.25) is 5.75 Å². The van der Waals surface area contributed by atoms with Gasteiger partial charge in [-0.25, -0.2) is 4.98 Å². The van der Waals surface area contributed by atoms with Crippen LogP contribution in [0.1, 0.15) is 10.4 Å². The Morgan fingerprint density at radius 2 is 1.57 bits per heavy atom. The lowest BCUT2D eigenvalue weighted by Crippen LogP contribution is -2.35. The molecule has 1 amide bonds. The van der Waals surface area contributed by atoms with E-state index in [2.05, 4.69) is 10.4 Å². The van der Waals surface area contributed by atoms with Crippen molar-refractivity contribution in [3.8, 4) is 34.4 Å². The summed E-state index contributed by atoms with van der Waals surface area (Å²) in [6.45, 7) is 0. The second kappa shape index (κ2) is 10.2. The summed E-state index contributed by atoms with van der Waals surface area (Å²) < 4.78 is 22.2. The molecule has 1 N–H and O–H groups in total. The third kappa shape index (κ3) is 4.59. The molecule has 0 bridgehead atoms. The first-order chi connectivity index (χ1) is 17.8. The van der Waals surface area contributed by atoms with E-state index in [1.807, 2.05) is 0 Å². The number of hydrogen-bond acceptors (Lipinski definition) is 9. The van der Waals surface area contributed by atoms with Gasteiger partial charge in [-0.05, 0) is 36.4 Å². The highest BCUT2D eigenvalue weighted by molar-refractivity contribution is 6.01. The third-order valence-electron chi connectivity index (χ3n) is 5.55. The molecule has 37 heavy (non-hydrogen) atoms. The monoisotopic (exact) mass is 506 g/mol. The van der Waals surface area contributed by atoms with Crippen LogP contribution in [0.5, 0.6) is 23.0 Å². The number of benzene rings is 3. The van der Waals surface area contributed by atoms with Gasteiger partial charge in [-0.3, -0.25) is 25.1 Å². The van der Waals surface area contributed by atoms with Gasteiger partial charge in [0.05, 0.1) is 44.3 Å². The number of amides is 1. The Hall–Kier alpha value is -5.13. The van der Waals surface area contributed by atoms with E-state index in [0.717, 1.165) is 10.7 Å². The first-order valence-electron chi connectivity index (χ1n) is 10.8. The van der Waals surface area contributed by atoms with Crippen molar-refractivity contribution in [1.29, 1.82) is 0 Å². The molecule has 1 heterocycles. The first kappa shape index (κ1) is 25.0. The number of nitrogens with one attached hydrogen (secondary N) is 1. The average molecular weight is 506 g/mol. The van der Waals surface area contributed by atoms with E-state index < -0.39 is 22.1 Å². The van der Waals surface area contributed by atoms with Crippen molar-refractivity contribution in [1.82, 2.24) is 9.66 Å². The second-order valence-corrected chi connectivity index (χ2v) is 7.59. The molecule has 12 nitrogen and oxygen atoms in total. The maximum Gasteiger partial charge on any atom is 0.311 e. The quantitative estimate of drug-likeness (QED) is 0.281. The zero-order valence-electron chi connectivity index (χ0n) is 20.3. The predicted octanol–water partition coefficient (Wildman–Crippen LogP) is 3.39. The number of aromatic nitrogens is 2. The number of nitrogens with zero attached hydrogens (tertiary/aromatic N) is 3. The van der Waals surface area contributed by atoms with Crippen LogP contribution in [0.3, 0.4) is 0 Å². The minimum Gasteiger partial charge on any atom is -0.493 e. The molecular weight excluding hydrogens is 484 g/mol. The minimum atomic E-state index is -0.779. The van der Waals surface area contributed by atoms with Crippen molar-refractivity contribution in [3.63, 3.8) is 0 Å². The molecule has 0 radical (unpaired) electrons. The molecule has 0 aliphatic rings. The first-order valence-corrected chi connectivity index (χ1v) is 10.8. The highest BCUT2D eigenvalue weighted by Crippen LogP contribution is 2.40. The Bertz CT molecular complexity index is 1560. The third-order valence-corrected chi connectivity index (χ3v) is 5.55. The molecule has 0 atom stereocenters. The van der Waals surface area contributed by atoms with Crippen molar-refractivity contribution in [2.75, 3.05) is 33.9 Å². The largest absolute Gasteiger partial charge is 0.493 e. The molecule has 3 aromatic carbocycles. The van der Waals surface area contributed by atoms with Crippen LogP contribution in [0.25, 0.3) is 22.3 Å². The molecule has 0 fully saturated rings. The summed E-state index contributed by atoms with van der Waals surface area (Å²) >= 11 is 0. The number of carbonyl (C=O) groups is 1. The van der Waals surface area contributed by atoms with Crippen molar-refractivity contribution >= 4 is 22.5 Å². The highest BCUT2D eigenvalue weighted by Gasteiger charge is 2.22. The van der Waals surface area contributed by atoms with Gasteiger partial charge in [-0.2, -0.15) is 4.68 Å². The Labute approximate surface area is 210 Å². The number of nitro groups is 1.